The van der Waals surface area contributed by atoms with Crippen LogP contribution >= 0.6 is 22.6 Å². The highest BCUT2D eigenvalue weighted by molar-refractivity contribution is 14.1. The van der Waals surface area contributed by atoms with Crippen molar-refractivity contribution in [2.75, 3.05) is 4.90 Å². The van der Waals surface area contributed by atoms with E-state index in [0.717, 1.165) is 5.69 Å². The lowest BCUT2D eigenvalue weighted by atomic mass is 9.98. The fourth-order valence-corrected chi connectivity index (χ4v) is 8.48. The summed E-state index contributed by atoms with van der Waals surface area (Å²) < 4.78 is 3.64. The number of aromatic nitrogens is 1. The van der Waals surface area contributed by atoms with Gasteiger partial charge in [-0.1, -0.05) is 109 Å². The molecular formula is C44H27IN2. The second-order valence-electron chi connectivity index (χ2n) is 12.2. The quantitative estimate of drug-likeness (QED) is 0.165. The molecule has 1 aliphatic carbocycles. The number of rotatable bonds is 4. The number of hydrogen-bond acceptors (Lipinski definition) is 1. The zero-order valence-electron chi connectivity index (χ0n) is 25.4. The van der Waals surface area contributed by atoms with Crippen molar-refractivity contribution in [1.82, 2.24) is 4.57 Å². The average molecular weight is 711 g/mol. The monoisotopic (exact) mass is 710 g/mol. The Kier molecular flexibility index (Phi) is 5.88. The van der Waals surface area contributed by atoms with Crippen LogP contribution in [0.4, 0.5) is 17.1 Å². The largest absolute Gasteiger partial charge is 0.309 e. The van der Waals surface area contributed by atoms with Gasteiger partial charge in [0.05, 0.1) is 22.4 Å². The van der Waals surface area contributed by atoms with Crippen LogP contribution in [0.1, 0.15) is 0 Å². The van der Waals surface area contributed by atoms with Crippen LogP contribution in [0.5, 0.6) is 0 Å². The topological polar surface area (TPSA) is 8.17 Å². The van der Waals surface area contributed by atoms with Crippen LogP contribution in [0.15, 0.2) is 164 Å². The Morgan fingerprint density at radius 3 is 2.06 bits per heavy atom. The molecule has 10 rings (SSSR count). The van der Waals surface area contributed by atoms with Crippen molar-refractivity contribution in [3.63, 3.8) is 0 Å². The van der Waals surface area contributed by atoms with E-state index in [1.807, 2.05) is 0 Å². The molecule has 1 aromatic heterocycles. The van der Waals surface area contributed by atoms with Crippen LogP contribution < -0.4 is 4.90 Å². The summed E-state index contributed by atoms with van der Waals surface area (Å²) in [5, 5.41) is 7.57. The van der Waals surface area contributed by atoms with E-state index in [4.69, 9.17) is 0 Å². The first-order valence-electron chi connectivity index (χ1n) is 16.0. The minimum atomic E-state index is 1.14. The Balaban J connectivity index is 1.32. The van der Waals surface area contributed by atoms with Crippen molar-refractivity contribution in [2.45, 2.75) is 0 Å². The highest BCUT2D eigenvalue weighted by atomic mass is 127. The summed E-state index contributed by atoms with van der Waals surface area (Å²) in [4.78, 5) is 2.50. The third-order valence-corrected chi connectivity index (χ3v) is 10.7. The van der Waals surface area contributed by atoms with Crippen LogP contribution in [-0.2, 0) is 0 Å². The predicted octanol–water partition coefficient (Wildman–Crippen LogP) is 12.8. The SMILES string of the molecule is Ic1cccc2c(N(c3ccc4c(c3)c3ccccc3n4-c3ccccc3)c3ccc4cccc5c4c3-c3ccccc3-5)cccc12. The van der Waals surface area contributed by atoms with Gasteiger partial charge >= 0.3 is 0 Å². The molecule has 0 N–H and O–H groups in total. The lowest BCUT2D eigenvalue weighted by Crippen LogP contribution is -2.12. The van der Waals surface area contributed by atoms with Gasteiger partial charge in [-0.05, 0) is 110 Å². The summed E-state index contributed by atoms with van der Waals surface area (Å²) >= 11 is 2.47. The van der Waals surface area contributed by atoms with Crippen molar-refractivity contribution < 1.29 is 0 Å². The van der Waals surface area contributed by atoms with E-state index >= 15 is 0 Å². The summed E-state index contributed by atoms with van der Waals surface area (Å²) in [7, 11) is 0. The van der Waals surface area contributed by atoms with Crippen LogP contribution in [0.2, 0.25) is 0 Å². The molecule has 0 aliphatic heterocycles. The van der Waals surface area contributed by atoms with E-state index in [9.17, 15) is 0 Å². The lowest BCUT2D eigenvalue weighted by molar-refractivity contribution is 1.18. The highest BCUT2D eigenvalue weighted by Crippen LogP contribution is 2.54. The summed E-state index contributed by atoms with van der Waals surface area (Å²) in [5.74, 6) is 0. The van der Waals surface area contributed by atoms with Crippen molar-refractivity contribution in [3.8, 4) is 27.9 Å². The van der Waals surface area contributed by atoms with Gasteiger partial charge in [0.25, 0.3) is 0 Å². The zero-order chi connectivity index (χ0) is 31.1. The molecular weight excluding hydrogens is 683 g/mol. The van der Waals surface area contributed by atoms with Crippen LogP contribution in [0, 0.1) is 3.57 Å². The molecule has 0 amide bonds. The highest BCUT2D eigenvalue weighted by Gasteiger charge is 2.28. The number of nitrogens with zero attached hydrogens (tertiary/aromatic N) is 2. The molecule has 47 heavy (non-hydrogen) atoms. The van der Waals surface area contributed by atoms with Crippen LogP contribution in [0.3, 0.4) is 0 Å². The van der Waals surface area contributed by atoms with Crippen LogP contribution in [-0.4, -0.2) is 4.57 Å². The molecule has 8 aromatic carbocycles. The van der Waals surface area contributed by atoms with E-state index in [2.05, 4.69) is 196 Å². The van der Waals surface area contributed by atoms with Crippen molar-refractivity contribution in [2.24, 2.45) is 0 Å². The summed E-state index contributed by atoms with van der Waals surface area (Å²) in [6.07, 6.45) is 0. The number of hydrogen-bond donors (Lipinski definition) is 0. The second-order valence-corrected chi connectivity index (χ2v) is 13.4. The Bertz CT molecular complexity index is 2700. The molecule has 0 saturated carbocycles. The third kappa shape index (κ3) is 3.90. The van der Waals surface area contributed by atoms with E-state index in [-0.39, 0.29) is 0 Å². The standard InChI is InChI=1S/C44H27IN2/c45-38-20-9-18-33-32(38)17-10-22-40(33)47(42-25-23-28-11-8-19-35-31-14-4-5-16-36(31)44(42)43(28)35)30-24-26-41-37(27-30)34-15-6-7-21-39(34)46(41)29-12-2-1-3-13-29/h1-27H. The number of para-hydroxylation sites is 2. The van der Waals surface area contributed by atoms with Gasteiger partial charge < -0.3 is 9.47 Å². The number of anilines is 3. The maximum atomic E-state index is 2.50. The lowest BCUT2D eigenvalue weighted by Gasteiger charge is -2.29. The molecule has 3 heteroatoms. The predicted molar refractivity (Wildman–Crippen MR) is 208 cm³/mol. The molecule has 1 aliphatic rings. The molecule has 0 atom stereocenters. The van der Waals surface area contributed by atoms with E-state index in [1.165, 1.54) is 86.2 Å². The molecule has 220 valence electrons. The molecule has 2 nitrogen and oxygen atoms in total. The molecule has 0 spiro atoms. The van der Waals surface area contributed by atoms with Gasteiger partial charge in [-0.15, -0.1) is 0 Å². The van der Waals surface area contributed by atoms with E-state index < -0.39 is 0 Å². The van der Waals surface area contributed by atoms with Crippen LogP contribution in [0.25, 0.3) is 71.3 Å². The summed E-state index contributed by atoms with van der Waals surface area (Å²) in [6.45, 7) is 0. The van der Waals surface area contributed by atoms with Gasteiger partial charge in [-0.2, -0.15) is 0 Å². The summed E-state index contributed by atoms with van der Waals surface area (Å²) in [5.41, 5.74) is 12.3. The maximum Gasteiger partial charge on any atom is 0.0547 e. The smallest absolute Gasteiger partial charge is 0.0547 e. The first kappa shape index (κ1) is 26.8. The Hall–Kier alpha value is -5.39. The van der Waals surface area contributed by atoms with Gasteiger partial charge in [0, 0.05) is 36.7 Å². The van der Waals surface area contributed by atoms with Crippen molar-refractivity contribution >= 4 is 83.0 Å². The number of fused-ring (bicyclic) bond motifs is 7. The molecule has 1 heterocycles. The van der Waals surface area contributed by atoms with Gasteiger partial charge in [0.15, 0.2) is 0 Å². The molecule has 0 saturated heterocycles. The van der Waals surface area contributed by atoms with Gasteiger partial charge in [0.2, 0.25) is 0 Å². The molecule has 0 radical (unpaired) electrons. The normalized spacial score (nSPS) is 11.9. The minimum Gasteiger partial charge on any atom is -0.309 e. The van der Waals surface area contributed by atoms with Gasteiger partial charge in [-0.3, -0.25) is 0 Å². The fraction of sp³-hybridized carbons (Fsp3) is 0. The molecule has 0 fully saturated rings. The Morgan fingerprint density at radius 1 is 0.447 bits per heavy atom. The first-order valence-corrected chi connectivity index (χ1v) is 17.1. The fourth-order valence-electron chi connectivity index (χ4n) is 7.80. The van der Waals surface area contributed by atoms with Crippen molar-refractivity contribution in [3.05, 3.63) is 167 Å². The van der Waals surface area contributed by atoms with E-state index in [0.29, 0.717) is 0 Å². The number of benzene rings is 8. The first-order chi connectivity index (χ1) is 23.3. The zero-order valence-corrected chi connectivity index (χ0v) is 27.5. The Labute approximate surface area is 286 Å². The number of halogens is 1. The average Bonchev–Trinajstić information content (AvgIpc) is 3.64. The third-order valence-electron chi connectivity index (χ3n) is 9.77. The van der Waals surface area contributed by atoms with Gasteiger partial charge in [0.1, 0.15) is 0 Å². The maximum absolute atomic E-state index is 2.50. The molecule has 0 unspecified atom stereocenters. The Morgan fingerprint density at radius 2 is 1.15 bits per heavy atom. The second kappa shape index (κ2) is 10.3. The minimum absolute atomic E-state index is 1.14. The molecule has 0 bridgehead atoms. The van der Waals surface area contributed by atoms with Gasteiger partial charge in [-0.25, -0.2) is 0 Å². The van der Waals surface area contributed by atoms with Crippen molar-refractivity contribution in [1.29, 1.82) is 0 Å². The van der Waals surface area contributed by atoms with E-state index in [1.54, 1.807) is 0 Å². The molecule has 9 aromatic rings. The summed E-state index contributed by atoms with van der Waals surface area (Å²) in [6, 6.07) is 60.0.